The minimum Gasteiger partial charge on any atom is -0.464 e. The minimum absolute atomic E-state index is 0.119. The van der Waals surface area contributed by atoms with Crippen LogP contribution in [0.25, 0.3) is 0 Å². The van der Waals surface area contributed by atoms with E-state index in [1.807, 2.05) is 44.2 Å². The number of rotatable bonds is 12. The molecular formula is C27H32FN3O4. The summed E-state index contributed by atoms with van der Waals surface area (Å²) >= 11 is 0. The smallest absolute Gasteiger partial charge is 0.322 e. The molecule has 35 heavy (non-hydrogen) atoms. The third-order valence-corrected chi connectivity index (χ3v) is 5.34. The average Bonchev–Trinajstić information content (AvgIpc) is 3.27. The SMILES string of the molecule is CCOCCCN(CC(=O)N(Cc1ccc(F)cc1)Cc1ccc(C)o1)C(=O)Nc1ccccc1. The average molecular weight is 482 g/mol. The molecule has 0 radical (unpaired) electrons. The molecule has 8 heteroatoms. The van der Waals surface area contributed by atoms with Gasteiger partial charge < -0.3 is 24.3 Å². The van der Waals surface area contributed by atoms with Crippen LogP contribution in [-0.4, -0.2) is 48.0 Å². The van der Waals surface area contributed by atoms with Gasteiger partial charge in [0.1, 0.15) is 23.9 Å². The van der Waals surface area contributed by atoms with Gasteiger partial charge in [0.25, 0.3) is 0 Å². The van der Waals surface area contributed by atoms with E-state index in [-0.39, 0.29) is 37.4 Å². The molecule has 0 aliphatic rings. The first-order valence-electron chi connectivity index (χ1n) is 11.7. The van der Waals surface area contributed by atoms with Gasteiger partial charge in [0.2, 0.25) is 5.91 Å². The van der Waals surface area contributed by atoms with Gasteiger partial charge >= 0.3 is 6.03 Å². The van der Waals surface area contributed by atoms with Crippen LogP contribution in [0.2, 0.25) is 0 Å². The van der Waals surface area contributed by atoms with Crippen molar-refractivity contribution in [3.05, 3.63) is 89.6 Å². The van der Waals surface area contributed by atoms with Gasteiger partial charge in [-0.05, 0) is 62.2 Å². The maximum Gasteiger partial charge on any atom is 0.322 e. The number of nitrogens with zero attached hydrogens (tertiary/aromatic N) is 2. The Morgan fingerprint density at radius 3 is 2.37 bits per heavy atom. The van der Waals surface area contributed by atoms with Crippen molar-refractivity contribution >= 4 is 17.6 Å². The summed E-state index contributed by atoms with van der Waals surface area (Å²) in [5, 5.41) is 2.85. The second-order valence-electron chi connectivity index (χ2n) is 8.16. The van der Waals surface area contributed by atoms with Crippen molar-refractivity contribution in [2.75, 3.05) is 31.6 Å². The van der Waals surface area contributed by atoms with Crippen molar-refractivity contribution in [1.82, 2.24) is 9.80 Å². The van der Waals surface area contributed by atoms with Crippen LogP contribution in [-0.2, 0) is 22.6 Å². The molecule has 0 fully saturated rings. The first kappa shape index (κ1) is 26.0. The Labute approximate surface area is 205 Å². The third kappa shape index (κ3) is 8.57. The quantitative estimate of drug-likeness (QED) is 0.360. The fourth-order valence-electron chi connectivity index (χ4n) is 3.54. The number of hydrogen-bond donors (Lipinski definition) is 1. The molecule has 0 atom stereocenters. The van der Waals surface area contributed by atoms with Crippen molar-refractivity contribution in [3.8, 4) is 0 Å². The van der Waals surface area contributed by atoms with Crippen molar-refractivity contribution < 1.29 is 23.1 Å². The number of hydrogen-bond acceptors (Lipinski definition) is 4. The fraction of sp³-hybridized carbons (Fsp3) is 0.333. The normalized spacial score (nSPS) is 10.7. The number of anilines is 1. The molecule has 1 aromatic heterocycles. The van der Waals surface area contributed by atoms with E-state index < -0.39 is 0 Å². The van der Waals surface area contributed by atoms with Crippen molar-refractivity contribution in [3.63, 3.8) is 0 Å². The summed E-state index contributed by atoms with van der Waals surface area (Å²) < 4.78 is 24.5. The van der Waals surface area contributed by atoms with Crippen LogP contribution in [0.3, 0.4) is 0 Å². The number of benzene rings is 2. The molecular weight excluding hydrogens is 449 g/mol. The molecule has 1 N–H and O–H groups in total. The van der Waals surface area contributed by atoms with E-state index in [1.54, 1.807) is 29.2 Å². The number of aryl methyl sites for hydroxylation is 1. The molecule has 0 unspecified atom stereocenters. The lowest BCUT2D eigenvalue weighted by atomic mass is 10.2. The molecule has 3 aromatic rings. The number of furan rings is 1. The maximum atomic E-state index is 13.4. The lowest BCUT2D eigenvalue weighted by molar-refractivity contribution is -0.133. The maximum absolute atomic E-state index is 13.4. The lowest BCUT2D eigenvalue weighted by Gasteiger charge is -2.27. The molecule has 7 nitrogen and oxygen atoms in total. The first-order chi connectivity index (χ1) is 16.9. The number of amides is 3. The summed E-state index contributed by atoms with van der Waals surface area (Å²) in [7, 11) is 0. The lowest BCUT2D eigenvalue weighted by Crippen LogP contribution is -2.44. The number of halogens is 1. The van der Waals surface area contributed by atoms with Crippen molar-refractivity contribution in [2.45, 2.75) is 33.4 Å². The van der Waals surface area contributed by atoms with Gasteiger partial charge in [0.15, 0.2) is 0 Å². The van der Waals surface area contributed by atoms with E-state index in [0.29, 0.717) is 37.6 Å². The topological polar surface area (TPSA) is 75.0 Å². The van der Waals surface area contributed by atoms with E-state index in [2.05, 4.69) is 5.32 Å². The van der Waals surface area contributed by atoms with E-state index in [4.69, 9.17) is 9.15 Å². The Morgan fingerprint density at radius 1 is 0.971 bits per heavy atom. The number of nitrogens with one attached hydrogen (secondary N) is 1. The van der Waals surface area contributed by atoms with Crippen LogP contribution in [0.15, 0.2) is 71.1 Å². The summed E-state index contributed by atoms with van der Waals surface area (Å²) in [4.78, 5) is 29.6. The molecule has 0 aliphatic carbocycles. The van der Waals surface area contributed by atoms with Gasteiger partial charge in [0, 0.05) is 32.0 Å². The highest BCUT2D eigenvalue weighted by Gasteiger charge is 2.23. The zero-order valence-electron chi connectivity index (χ0n) is 20.2. The van der Waals surface area contributed by atoms with Gasteiger partial charge in [-0.2, -0.15) is 0 Å². The molecule has 186 valence electrons. The molecule has 0 spiro atoms. The Morgan fingerprint density at radius 2 is 1.71 bits per heavy atom. The van der Waals surface area contributed by atoms with Crippen LogP contribution in [0.1, 0.15) is 30.4 Å². The highest BCUT2D eigenvalue weighted by molar-refractivity contribution is 5.92. The molecule has 0 saturated carbocycles. The number of carbonyl (C=O) groups excluding carboxylic acids is 2. The van der Waals surface area contributed by atoms with Gasteiger partial charge in [-0.15, -0.1) is 0 Å². The molecule has 3 rings (SSSR count). The molecule has 2 aromatic carbocycles. The second-order valence-corrected chi connectivity index (χ2v) is 8.16. The number of carbonyl (C=O) groups is 2. The van der Waals surface area contributed by atoms with Gasteiger partial charge in [-0.3, -0.25) is 4.79 Å². The fourth-order valence-corrected chi connectivity index (χ4v) is 3.54. The predicted molar refractivity (Wildman–Crippen MR) is 132 cm³/mol. The predicted octanol–water partition coefficient (Wildman–Crippen LogP) is 5.22. The molecule has 0 bridgehead atoms. The molecule has 1 heterocycles. The molecule has 0 aliphatic heterocycles. The van der Waals surface area contributed by atoms with Crippen molar-refractivity contribution in [1.29, 1.82) is 0 Å². The largest absolute Gasteiger partial charge is 0.464 e. The van der Waals surface area contributed by atoms with Crippen LogP contribution < -0.4 is 5.32 Å². The van der Waals surface area contributed by atoms with Gasteiger partial charge in [-0.25, -0.2) is 9.18 Å². The minimum atomic E-state index is -0.364. The van der Waals surface area contributed by atoms with Crippen LogP contribution in [0.5, 0.6) is 0 Å². The van der Waals surface area contributed by atoms with E-state index in [0.717, 1.165) is 11.3 Å². The molecule has 3 amide bonds. The van der Waals surface area contributed by atoms with E-state index in [9.17, 15) is 14.0 Å². The zero-order valence-corrected chi connectivity index (χ0v) is 20.2. The standard InChI is InChI=1S/C27H32FN3O4/c1-3-34-17-7-16-30(27(33)29-24-8-5-4-6-9-24)20-26(32)31(19-25-15-10-21(2)35-25)18-22-11-13-23(28)14-12-22/h4-6,8-15H,3,7,16-20H2,1-2H3,(H,29,33). The van der Waals surface area contributed by atoms with E-state index in [1.165, 1.54) is 17.0 Å². The first-order valence-corrected chi connectivity index (χ1v) is 11.7. The Hall–Kier alpha value is -3.65. The second kappa shape index (κ2) is 13.3. The Bertz CT molecular complexity index is 1070. The molecule has 0 saturated heterocycles. The summed E-state index contributed by atoms with van der Waals surface area (Å²) in [6, 6.07) is 18.4. The van der Waals surface area contributed by atoms with E-state index >= 15 is 0 Å². The van der Waals surface area contributed by atoms with Crippen LogP contribution in [0, 0.1) is 12.7 Å². The Balaban J connectivity index is 1.75. The zero-order chi connectivity index (χ0) is 25.0. The van der Waals surface area contributed by atoms with Crippen LogP contribution in [0.4, 0.5) is 14.9 Å². The Kier molecular flexibility index (Phi) is 9.86. The summed E-state index contributed by atoms with van der Waals surface area (Å²) in [6.45, 7) is 5.55. The number of ether oxygens (including phenoxy) is 1. The van der Waals surface area contributed by atoms with Crippen molar-refractivity contribution in [2.24, 2.45) is 0 Å². The van der Waals surface area contributed by atoms with Crippen LogP contribution >= 0.6 is 0 Å². The summed E-state index contributed by atoms with van der Waals surface area (Å²) in [5.41, 5.74) is 1.42. The highest BCUT2D eigenvalue weighted by atomic mass is 19.1. The summed E-state index contributed by atoms with van der Waals surface area (Å²) in [5.74, 6) is 0.790. The monoisotopic (exact) mass is 481 g/mol. The van der Waals surface area contributed by atoms with Gasteiger partial charge in [0.05, 0.1) is 6.54 Å². The highest BCUT2D eigenvalue weighted by Crippen LogP contribution is 2.15. The number of para-hydroxylation sites is 1. The number of urea groups is 1. The third-order valence-electron chi connectivity index (χ3n) is 5.34. The van der Waals surface area contributed by atoms with Gasteiger partial charge in [-0.1, -0.05) is 30.3 Å². The summed E-state index contributed by atoms with van der Waals surface area (Å²) in [6.07, 6.45) is 0.596.